The fourth-order valence-electron chi connectivity index (χ4n) is 1.67. The third-order valence-electron chi connectivity index (χ3n) is 2.62. The highest BCUT2D eigenvalue weighted by Gasteiger charge is 2.43. The molecule has 0 aliphatic carbocycles. The molecule has 0 aromatic heterocycles. The predicted octanol–water partition coefficient (Wildman–Crippen LogP) is 3.24. The van der Waals surface area contributed by atoms with Gasteiger partial charge in [-0.1, -0.05) is 13.3 Å². The van der Waals surface area contributed by atoms with Gasteiger partial charge >= 0.3 is 6.29 Å². The molecule has 0 atom stereocenters. The van der Waals surface area contributed by atoms with E-state index < -0.39 is 6.29 Å². The highest BCUT2D eigenvalue weighted by molar-refractivity contribution is 5.55. The molecule has 1 aromatic rings. The number of anilines is 1. The van der Waals surface area contributed by atoms with Gasteiger partial charge in [-0.15, -0.1) is 8.78 Å². The molecule has 0 spiro atoms. The molecular weight excluding hydrogens is 256 g/mol. The fraction of sp³-hybridized carbons (Fsp3) is 0.538. The molecule has 106 valence electrons. The second kappa shape index (κ2) is 6.06. The average Bonchev–Trinajstić information content (AvgIpc) is 2.66. The van der Waals surface area contributed by atoms with Crippen LogP contribution in [0.1, 0.15) is 19.8 Å². The zero-order valence-corrected chi connectivity index (χ0v) is 10.7. The standard InChI is InChI=1S/C13H17F2NO3/c1-2-3-7-17-8-6-16-10-4-5-11-12(9-10)19-13(14,15)18-11/h4-5,9,16H,2-3,6-8H2,1H3. The minimum absolute atomic E-state index is 0.0434. The maximum atomic E-state index is 12.8. The van der Waals surface area contributed by atoms with Crippen molar-refractivity contribution >= 4 is 5.69 Å². The number of hydrogen-bond acceptors (Lipinski definition) is 4. The molecule has 0 unspecified atom stereocenters. The first-order valence-electron chi connectivity index (χ1n) is 6.32. The lowest BCUT2D eigenvalue weighted by molar-refractivity contribution is -0.286. The van der Waals surface area contributed by atoms with Gasteiger partial charge in [0.05, 0.1) is 6.61 Å². The van der Waals surface area contributed by atoms with Gasteiger partial charge in [-0.25, -0.2) is 0 Å². The van der Waals surface area contributed by atoms with Gasteiger partial charge in [-0.2, -0.15) is 0 Å². The van der Waals surface area contributed by atoms with Crippen LogP contribution in [0.2, 0.25) is 0 Å². The highest BCUT2D eigenvalue weighted by Crippen LogP contribution is 2.42. The Morgan fingerprint density at radius 1 is 1.21 bits per heavy atom. The van der Waals surface area contributed by atoms with Gasteiger partial charge in [-0.05, 0) is 18.6 Å². The lowest BCUT2D eigenvalue weighted by atomic mass is 10.3. The Kier molecular flexibility index (Phi) is 4.42. The van der Waals surface area contributed by atoms with Crippen molar-refractivity contribution in [1.82, 2.24) is 0 Å². The van der Waals surface area contributed by atoms with Crippen molar-refractivity contribution in [2.45, 2.75) is 26.1 Å². The summed E-state index contributed by atoms with van der Waals surface area (Å²) in [6, 6.07) is 4.61. The molecule has 1 aromatic carbocycles. The van der Waals surface area contributed by atoms with Crippen LogP contribution < -0.4 is 14.8 Å². The zero-order valence-electron chi connectivity index (χ0n) is 10.7. The van der Waals surface area contributed by atoms with Crippen LogP contribution in [0.15, 0.2) is 18.2 Å². The van der Waals surface area contributed by atoms with E-state index in [4.69, 9.17) is 4.74 Å². The van der Waals surface area contributed by atoms with Crippen molar-refractivity contribution in [2.24, 2.45) is 0 Å². The molecule has 1 aliphatic rings. The molecule has 1 N–H and O–H groups in total. The highest BCUT2D eigenvalue weighted by atomic mass is 19.3. The van der Waals surface area contributed by atoms with Crippen molar-refractivity contribution < 1.29 is 23.0 Å². The molecule has 4 nitrogen and oxygen atoms in total. The van der Waals surface area contributed by atoms with E-state index in [1.54, 1.807) is 6.07 Å². The van der Waals surface area contributed by atoms with Gasteiger partial charge in [0.1, 0.15) is 0 Å². The number of rotatable bonds is 7. The number of alkyl halides is 2. The summed E-state index contributed by atoms with van der Waals surface area (Å²) in [5, 5.41) is 3.07. The van der Waals surface area contributed by atoms with Gasteiger partial charge in [0, 0.05) is 24.9 Å². The number of unbranched alkanes of at least 4 members (excludes halogenated alkanes) is 1. The third kappa shape index (κ3) is 3.96. The van der Waals surface area contributed by atoms with Crippen LogP contribution >= 0.6 is 0 Å². The molecular formula is C13H17F2NO3. The summed E-state index contributed by atoms with van der Waals surface area (Å²) in [5.41, 5.74) is 0.694. The first kappa shape index (κ1) is 13.9. The van der Waals surface area contributed by atoms with Crippen LogP contribution in [-0.4, -0.2) is 26.1 Å². The molecule has 2 rings (SSSR count). The van der Waals surface area contributed by atoms with E-state index in [0.717, 1.165) is 19.4 Å². The Morgan fingerprint density at radius 2 is 2.00 bits per heavy atom. The minimum atomic E-state index is -3.57. The molecule has 6 heteroatoms. The number of fused-ring (bicyclic) bond motifs is 1. The Balaban J connectivity index is 1.77. The van der Waals surface area contributed by atoms with E-state index >= 15 is 0 Å². The summed E-state index contributed by atoms with van der Waals surface area (Å²) in [4.78, 5) is 0. The second-order valence-corrected chi connectivity index (χ2v) is 4.22. The smallest absolute Gasteiger partial charge is 0.395 e. The third-order valence-corrected chi connectivity index (χ3v) is 2.62. The van der Waals surface area contributed by atoms with Crippen molar-refractivity contribution in [3.05, 3.63) is 18.2 Å². The minimum Gasteiger partial charge on any atom is -0.395 e. The molecule has 0 bridgehead atoms. The van der Waals surface area contributed by atoms with Crippen LogP contribution in [0.25, 0.3) is 0 Å². The van der Waals surface area contributed by atoms with E-state index in [1.165, 1.54) is 12.1 Å². The van der Waals surface area contributed by atoms with Crippen molar-refractivity contribution in [3.8, 4) is 11.5 Å². The van der Waals surface area contributed by atoms with Gasteiger partial charge in [0.2, 0.25) is 0 Å². The van der Waals surface area contributed by atoms with Crippen LogP contribution in [0.5, 0.6) is 11.5 Å². The first-order chi connectivity index (χ1) is 9.11. The number of benzene rings is 1. The van der Waals surface area contributed by atoms with Crippen LogP contribution in [0, 0.1) is 0 Å². The van der Waals surface area contributed by atoms with Gasteiger partial charge < -0.3 is 19.5 Å². The van der Waals surface area contributed by atoms with E-state index in [2.05, 4.69) is 21.7 Å². The number of hydrogen-bond donors (Lipinski definition) is 1. The SMILES string of the molecule is CCCCOCCNc1ccc2c(c1)OC(F)(F)O2. The Morgan fingerprint density at radius 3 is 2.79 bits per heavy atom. The Hall–Kier alpha value is -1.56. The fourth-order valence-corrected chi connectivity index (χ4v) is 1.67. The molecule has 0 fully saturated rings. The number of halogens is 2. The van der Waals surface area contributed by atoms with Crippen molar-refractivity contribution in [3.63, 3.8) is 0 Å². The lowest BCUT2D eigenvalue weighted by Crippen LogP contribution is -2.25. The zero-order chi connectivity index (χ0) is 13.7. The maximum Gasteiger partial charge on any atom is 0.586 e. The van der Waals surface area contributed by atoms with Crippen molar-refractivity contribution in [1.29, 1.82) is 0 Å². The molecule has 0 amide bonds. The summed E-state index contributed by atoms with van der Waals surface area (Å²) in [7, 11) is 0. The Labute approximate surface area is 110 Å². The lowest BCUT2D eigenvalue weighted by Gasteiger charge is -2.07. The average molecular weight is 273 g/mol. The molecule has 0 saturated heterocycles. The van der Waals surface area contributed by atoms with E-state index in [0.29, 0.717) is 18.8 Å². The van der Waals surface area contributed by atoms with Gasteiger partial charge in [-0.3, -0.25) is 0 Å². The molecule has 1 aliphatic heterocycles. The van der Waals surface area contributed by atoms with Crippen LogP contribution in [-0.2, 0) is 4.74 Å². The molecule has 0 radical (unpaired) electrons. The quantitative estimate of drug-likeness (QED) is 0.774. The largest absolute Gasteiger partial charge is 0.586 e. The normalized spacial score (nSPS) is 15.5. The Bertz CT molecular complexity index is 426. The van der Waals surface area contributed by atoms with Crippen molar-refractivity contribution in [2.75, 3.05) is 25.1 Å². The summed E-state index contributed by atoms with van der Waals surface area (Å²) in [6.45, 7) is 4.03. The predicted molar refractivity (Wildman–Crippen MR) is 66.9 cm³/mol. The summed E-state index contributed by atoms with van der Waals surface area (Å²) < 4.78 is 39.7. The summed E-state index contributed by atoms with van der Waals surface area (Å²) in [5.74, 6) is 0.0941. The van der Waals surface area contributed by atoms with Gasteiger partial charge in [0.25, 0.3) is 0 Å². The van der Waals surface area contributed by atoms with E-state index in [1.807, 2.05) is 0 Å². The number of nitrogens with one attached hydrogen (secondary N) is 1. The van der Waals surface area contributed by atoms with E-state index in [9.17, 15) is 8.78 Å². The first-order valence-corrected chi connectivity index (χ1v) is 6.32. The van der Waals surface area contributed by atoms with E-state index in [-0.39, 0.29) is 11.5 Å². The summed E-state index contributed by atoms with van der Waals surface area (Å²) >= 11 is 0. The van der Waals surface area contributed by atoms with Gasteiger partial charge in [0.15, 0.2) is 11.5 Å². The molecule has 0 saturated carbocycles. The molecule has 1 heterocycles. The molecule has 19 heavy (non-hydrogen) atoms. The second-order valence-electron chi connectivity index (χ2n) is 4.22. The van der Waals surface area contributed by atoms with Crippen LogP contribution in [0.3, 0.4) is 0 Å². The topological polar surface area (TPSA) is 39.7 Å². The van der Waals surface area contributed by atoms with Crippen LogP contribution in [0.4, 0.5) is 14.5 Å². The summed E-state index contributed by atoms with van der Waals surface area (Å²) in [6.07, 6.45) is -1.42. The maximum absolute atomic E-state index is 12.8. The monoisotopic (exact) mass is 273 g/mol. The number of ether oxygens (including phenoxy) is 3.